The van der Waals surface area contributed by atoms with Gasteiger partial charge in [-0.05, 0) is 6.42 Å². The molecule has 0 radical (unpaired) electrons. The van der Waals surface area contributed by atoms with E-state index in [-0.39, 0.29) is 31.7 Å². The molecule has 0 saturated carbocycles. The SMILES string of the molecule is CCCCC(CN(O)C=O)C(=O)N1CC(F)CC1C(=O)Nc1ncc(F)cc1O. The maximum Gasteiger partial charge on any atom is 0.248 e. The molecule has 3 amide bonds. The second kappa shape index (κ2) is 10.1. The topological polar surface area (TPSA) is 123 Å². The number of unbranched alkanes of at least 4 members (excludes halogenated alkanes) is 1. The summed E-state index contributed by atoms with van der Waals surface area (Å²) in [6.45, 7) is 1.32. The molecule has 1 aromatic heterocycles. The summed E-state index contributed by atoms with van der Waals surface area (Å²) < 4.78 is 27.1. The van der Waals surface area contributed by atoms with Crippen LogP contribution in [0, 0.1) is 11.7 Å². The highest BCUT2D eigenvalue weighted by Crippen LogP contribution is 2.27. The lowest BCUT2D eigenvalue weighted by Crippen LogP contribution is -2.47. The van der Waals surface area contributed by atoms with Crippen LogP contribution < -0.4 is 5.32 Å². The molecular weight excluding hydrogens is 390 g/mol. The van der Waals surface area contributed by atoms with Gasteiger partial charge >= 0.3 is 0 Å². The van der Waals surface area contributed by atoms with E-state index in [1.165, 1.54) is 0 Å². The van der Waals surface area contributed by atoms with Crippen LogP contribution in [0.3, 0.4) is 0 Å². The van der Waals surface area contributed by atoms with E-state index in [0.717, 1.165) is 23.6 Å². The van der Waals surface area contributed by atoms with Crippen molar-refractivity contribution in [2.24, 2.45) is 5.92 Å². The molecule has 11 heteroatoms. The first kappa shape index (κ1) is 22.5. The lowest BCUT2D eigenvalue weighted by molar-refractivity contribution is -0.157. The highest BCUT2D eigenvalue weighted by atomic mass is 19.1. The van der Waals surface area contributed by atoms with Crippen molar-refractivity contribution in [3.63, 3.8) is 0 Å². The number of hydrogen-bond donors (Lipinski definition) is 3. The number of likely N-dealkylation sites (tertiary alicyclic amines) is 1. The molecule has 3 atom stereocenters. The second-order valence-corrected chi connectivity index (χ2v) is 6.92. The van der Waals surface area contributed by atoms with Crippen LogP contribution in [0.2, 0.25) is 0 Å². The summed E-state index contributed by atoms with van der Waals surface area (Å²) in [5.41, 5.74) is 0. The van der Waals surface area contributed by atoms with E-state index in [2.05, 4.69) is 10.3 Å². The fourth-order valence-corrected chi connectivity index (χ4v) is 3.25. The van der Waals surface area contributed by atoms with Crippen molar-refractivity contribution >= 4 is 24.0 Å². The van der Waals surface area contributed by atoms with Crippen molar-refractivity contribution in [1.82, 2.24) is 14.9 Å². The Kier molecular flexibility index (Phi) is 7.82. The van der Waals surface area contributed by atoms with Crippen LogP contribution in [0.1, 0.15) is 32.6 Å². The van der Waals surface area contributed by atoms with Crippen LogP contribution in [-0.4, -0.2) is 68.8 Å². The summed E-state index contributed by atoms with van der Waals surface area (Å²) in [6.07, 6.45) is 1.02. The molecule has 1 aliphatic rings. The van der Waals surface area contributed by atoms with Gasteiger partial charge in [0.25, 0.3) is 0 Å². The molecule has 0 aromatic carbocycles. The number of carbonyl (C=O) groups excluding carboxylic acids is 3. The molecule has 160 valence electrons. The third-order valence-electron chi connectivity index (χ3n) is 4.70. The normalized spacial score (nSPS) is 19.7. The summed E-state index contributed by atoms with van der Waals surface area (Å²) in [5, 5.41) is 21.8. The van der Waals surface area contributed by atoms with Gasteiger partial charge in [-0.2, -0.15) is 0 Å². The van der Waals surface area contributed by atoms with Crippen LogP contribution in [0.5, 0.6) is 5.75 Å². The predicted molar refractivity (Wildman–Crippen MR) is 97.1 cm³/mol. The Labute approximate surface area is 166 Å². The highest BCUT2D eigenvalue weighted by Gasteiger charge is 2.42. The van der Waals surface area contributed by atoms with E-state index in [1.807, 2.05) is 6.92 Å². The summed E-state index contributed by atoms with van der Waals surface area (Å²) in [5.74, 6) is -3.85. The molecule has 3 unspecified atom stereocenters. The lowest BCUT2D eigenvalue weighted by atomic mass is 9.99. The zero-order chi connectivity index (χ0) is 21.6. The Morgan fingerprint density at radius 3 is 2.86 bits per heavy atom. The molecule has 0 bridgehead atoms. The van der Waals surface area contributed by atoms with Crippen LogP contribution in [0.4, 0.5) is 14.6 Å². The molecule has 3 N–H and O–H groups in total. The van der Waals surface area contributed by atoms with Gasteiger partial charge in [-0.3, -0.25) is 19.6 Å². The average molecular weight is 414 g/mol. The van der Waals surface area contributed by atoms with Gasteiger partial charge in [0.15, 0.2) is 11.6 Å². The molecule has 9 nitrogen and oxygen atoms in total. The summed E-state index contributed by atoms with van der Waals surface area (Å²) in [4.78, 5) is 40.9. The number of hydrogen-bond acceptors (Lipinski definition) is 6. The van der Waals surface area contributed by atoms with Crippen molar-refractivity contribution in [2.75, 3.05) is 18.4 Å². The molecule has 0 aliphatic carbocycles. The summed E-state index contributed by atoms with van der Waals surface area (Å²) in [6, 6.07) is -0.412. The number of carbonyl (C=O) groups is 3. The molecule has 1 fully saturated rings. The number of halogens is 2. The first-order valence-corrected chi connectivity index (χ1v) is 9.27. The molecule has 1 saturated heterocycles. The Morgan fingerprint density at radius 2 is 2.24 bits per heavy atom. The highest BCUT2D eigenvalue weighted by molar-refractivity contribution is 5.98. The Bertz CT molecular complexity index is 751. The van der Waals surface area contributed by atoms with Crippen LogP contribution in [0.25, 0.3) is 0 Å². The van der Waals surface area contributed by atoms with Crippen molar-refractivity contribution in [3.05, 3.63) is 18.1 Å². The van der Waals surface area contributed by atoms with Gasteiger partial charge in [-0.15, -0.1) is 0 Å². The molecule has 29 heavy (non-hydrogen) atoms. The van der Waals surface area contributed by atoms with E-state index in [1.54, 1.807) is 0 Å². The number of hydroxylamine groups is 2. The maximum absolute atomic E-state index is 14.1. The third kappa shape index (κ3) is 5.83. The van der Waals surface area contributed by atoms with E-state index >= 15 is 0 Å². The third-order valence-corrected chi connectivity index (χ3v) is 4.70. The van der Waals surface area contributed by atoms with E-state index in [0.29, 0.717) is 17.9 Å². The first-order valence-electron chi connectivity index (χ1n) is 9.27. The molecule has 1 aromatic rings. The number of rotatable bonds is 9. The van der Waals surface area contributed by atoms with Gasteiger partial charge in [0.1, 0.15) is 18.0 Å². The fraction of sp³-hybridized carbons (Fsp3) is 0.556. The van der Waals surface area contributed by atoms with Crippen LogP contribution in [-0.2, 0) is 14.4 Å². The Hall–Kier alpha value is -2.82. The van der Waals surface area contributed by atoms with Gasteiger partial charge < -0.3 is 15.3 Å². The van der Waals surface area contributed by atoms with Crippen molar-refractivity contribution < 1.29 is 33.5 Å². The van der Waals surface area contributed by atoms with Crippen LogP contribution in [0.15, 0.2) is 12.3 Å². The number of aromatic nitrogens is 1. The average Bonchev–Trinajstić information content (AvgIpc) is 3.08. The second-order valence-electron chi connectivity index (χ2n) is 6.92. The van der Waals surface area contributed by atoms with Gasteiger partial charge in [0, 0.05) is 12.5 Å². The standard InChI is InChI=1S/C18H24F2N4O5/c1-2-3-4-11(8-23(29)10-25)18(28)24-9-13(20)5-14(24)17(27)22-16-15(26)6-12(19)7-21-16/h6-7,10-11,13-14,26,29H,2-5,8-9H2,1H3,(H,21,22,27). The number of pyridine rings is 1. The van der Waals surface area contributed by atoms with Gasteiger partial charge in [0.05, 0.1) is 25.2 Å². The lowest BCUT2D eigenvalue weighted by Gasteiger charge is -2.28. The minimum Gasteiger partial charge on any atom is -0.504 e. The number of nitrogens with zero attached hydrogens (tertiary/aromatic N) is 3. The minimum atomic E-state index is -1.44. The molecular formula is C18H24F2N4O5. The minimum absolute atomic E-state index is 0.168. The molecule has 2 heterocycles. The van der Waals surface area contributed by atoms with Crippen molar-refractivity contribution in [3.8, 4) is 5.75 Å². The maximum atomic E-state index is 14.1. The zero-order valence-corrected chi connectivity index (χ0v) is 15.9. The monoisotopic (exact) mass is 414 g/mol. The summed E-state index contributed by atoms with van der Waals surface area (Å²) >= 11 is 0. The fourth-order valence-electron chi connectivity index (χ4n) is 3.25. The smallest absolute Gasteiger partial charge is 0.248 e. The number of aromatic hydroxyl groups is 1. The molecule has 1 aliphatic heterocycles. The van der Waals surface area contributed by atoms with Gasteiger partial charge in [-0.25, -0.2) is 18.8 Å². The Morgan fingerprint density at radius 1 is 1.52 bits per heavy atom. The van der Waals surface area contributed by atoms with E-state index in [9.17, 15) is 33.5 Å². The number of amides is 3. The predicted octanol–water partition coefficient (Wildman–Crippen LogP) is 1.46. The first-order chi connectivity index (χ1) is 13.8. The van der Waals surface area contributed by atoms with Gasteiger partial charge in [-0.1, -0.05) is 19.8 Å². The number of alkyl halides is 1. The van der Waals surface area contributed by atoms with Crippen molar-refractivity contribution in [2.45, 2.75) is 44.8 Å². The largest absolute Gasteiger partial charge is 0.504 e. The summed E-state index contributed by atoms with van der Waals surface area (Å²) in [7, 11) is 0. The molecule has 0 spiro atoms. The zero-order valence-electron chi connectivity index (χ0n) is 15.9. The van der Waals surface area contributed by atoms with Gasteiger partial charge in [0.2, 0.25) is 18.2 Å². The number of anilines is 1. The van der Waals surface area contributed by atoms with E-state index < -0.39 is 41.5 Å². The van der Waals surface area contributed by atoms with Crippen LogP contribution >= 0.6 is 0 Å². The van der Waals surface area contributed by atoms with E-state index in [4.69, 9.17) is 0 Å². The Balaban J connectivity index is 2.16. The van der Waals surface area contributed by atoms with Crippen molar-refractivity contribution in [1.29, 1.82) is 0 Å². The molecule has 2 rings (SSSR count). The quantitative estimate of drug-likeness (QED) is 0.319. The number of nitrogens with one attached hydrogen (secondary N) is 1.